The van der Waals surface area contributed by atoms with E-state index in [1.165, 1.54) is 270 Å². The van der Waals surface area contributed by atoms with Crippen LogP contribution in [-0.2, 0) is 23.7 Å². The Morgan fingerprint density at radius 2 is 0.738 bits per heavy atom. The first kappa shape index (κ1) is 78.8. The fourth-order valence-corrected chi connectivity index (χ4v) is 12.2. The lowest BCUT2D eigenvalue weighted by Gasteiger charge is -2.46. The highest BCUT2D eigenvalue weighted by Gasteiger charge is 2.51. The molecule has 0 bridgehead atoms. The molecule has 9 N–H and O–H groups in total. The first-order chi connectivity index (χ1) is 41.1. The molecule has 0 aromatic rings. The standard InChI is InChI=1S/C70H135NO13/c1-3-5-7-9-11-13-15-17-19-21-22-23-24-25-26-27-28-29-30-31-32-33-34-35-36-38-39-41-43-45-47-49-51-53-59(74)58(71-62(75)54-52-50-48-46-44-42-40-37-20-18-16-14-12-10-8-6-4-2)57-81-69-67(80)65(78)68(61(56-73)83-69)84-70-66(79)64(77)63(76)60(55-72)82-70/h51,53,58-61,63-70,72-74,76-80H,3-50,52,54-57H2,1-2H3,(H,71,75)/b53-51+. The smallest absolute Gasteiger partial charge is 0.220 e. The van der Waals surface area contributed by atoms with Gasteiger partial charge in [-0.3, -0.25) is 4.79 Å². The molecule has 498 valence electrons. The van der Waals surface area contributed by atoms with E-state index in [0.717, 1.165) is 38.5 Å². The van der Waals surface area contributed by atoms with Gasteiger partial charge in [0, 0.05) is 6.42 Å². The van der Waals surface area contributed by atoms with E-state index in [9.17, 15) is 45.6 Å². The Bertz CT molecular complexity index is 1460. The SMILES string of the molecule is CCCCCCCCCCCCCCCCCCCCCCCCCCCCCCCCC/C=C/C(O)C(COC1OC(CO)C(OC2OC(CO)C(O)C(O)C2O)C(O)C1O)NC(=O)CCCCCCCCCCCCCCCCCCC. The monoisotopic (exact) mass is 1200 g/mol. The normalized spacial score (nSPS) is 23.6. The highest BCUT2D eigenvalue weighted by molar-refractivity contribution is 5.76. The molecule has 1 amide bonds. The van der Waals surface area contributed by atoms with Crippen LogP contribution in [0.15, 0.2) is 12.2 Å². The van der Waals surface area contributed by atoms with Crippen LogP contribution < -0.4 is 5.32 Å². The van der Waals surface area contributed by atoms with Crippen LogP contribution in [-0.4, -0.2) is 140 Å². The number of hydrogen-bond acceptors (Lipinski definition) is 13. The Morgan fingerprint density at radius 1 is 0.417 bits per heavy atom. The quantitative estimate of drug-likeness (QED) is 0.0204. The summed E-state index contributed by atoms with van der Waals surface area (Å²) in [4.78, 5) is 13.3. The van der Waals surface area contributed by atoms with Crippen LogP contribution in [0.3, 0.4) is 0 Å². The lowest BCUT2D eigenvalue weighted by Crippen LogP contribution is -2.65. The van der Waals surface area contributed by atoms with Gasteiger partial charge in [-0.15, -0.1) is 0 Å². The molecule has 14 heteroatoms. The average Bonchev–Trinajstić information content (AvgIpc) is 3.61. The van der Waals surface area contributed by atoms with E-state index in [1.807, 2.05) is 6.08 Å². The van der Waals surface area contributed by atoms with Crippen LogP contribution in [0.2, 0.25) is 0 Å². The van der Waals surface area contributed by atoms with Gasteiger partial charge in [0.15, 0.2) is 12.6 Å². The van der Waals surface area contributed by atoms with Crippen LogP contribution in [0.1, 0.15) is 335 Å². The van der Waals surface area contributed by atoms with Gasteiger partial charge in [0.1, 0.15) is 48.8 Å². The number of carbonyl (C=O) groups excluding carboxylic acids is 1. The molecule has 84 heavy (non-hydrogen) atoms. The van der Waals surface area contributed by atoms with Crippen molar-refractivity contribution in [3.63, 3.8) is 0 Å². The van der Waals surface area contributed by atoms with E-state index in [-0.39, 0.29) is 18.9 Å². The fourth-order valence-electron chi connectivity index (χ4n) is 12.2. The lowest BCUT2D eigenvalue weighted by molar-refractivity contribution is -0.359. The van der Waals surface area contributed by atoms with E-state index >= 15 is 0 Å². The average molecular weight is 1200 g/mol. The highest BCUT2D eigenvalue weighted by Crippen LogP contribution is 2.30. The number of hydrogen-bond donors (Lipinski definition) is 9. The molecule has 0 spiro atoms. The topological polar surface area (TPSA) is 228 Å². The number of unbranched alkanes of at least 4 members (excludes halogenated alkanes) is 47. The molecular weight excluding hydrogens is 1060 g/mol. The predicted octanol–water partition coefficient (Wildman–Crippen LogP) is 14.6. The number of amides is 1. The summed E-state index contributed by atoms with van der Waals surface area (Å²) in [5.74, 6) is -0.232. The molecule has 2 aliphatic rings. The van der Waals surface area contributed by atoms with Gasteiger partial charge in [-0.1, -0.05) is 321 Å². The fraction of sp³-hybridized carbons (Fsp3) is 0.957. The van der Waals surface area contributed by atoms with Crippen molar-refractivity contribution in [3.8, 4) is 0 Å². The third kappa shape index (κ3) is 39.7. The maximum absolute atomic E-state index is 13.3. The third-order valence-electron chi connectivity index (χ3n) is 18.0. The molecule has 0 aromatic heterocycles. The number of aliphatic hydroxyl groups excluding tert-OH is 8. The molecule has 2 aliphatic heterocycles. The summed E-state index contributed by atoms with van der Waals surface area (Å²) < 4.78 is 22.9. The van der Waals surface area contributed by atoms with Gasteiger partial charge in [0.25, 0.3) is 0 Å². The van der Waals surface area contributed by atoms with E-state index < -0.39 is 86.8 Å². The summed E-state index contributed by atoms with van der Waals surface area (Å²) in [7, 11) is 0. The van der Waals surface area contributed by atoms with Crippen molar-refractivity contribution >= 4 is 5.91 Å². The second-order valence-electron chi connectivity index (χ2n) is 25.7. The van der Waals surface area contributed by atoms with Gasteiger partial charge in [-0.25, -0.2) is 0 Å². The summed E-state index contributed by atoms with van der Waals surface area (Å²) in [5.41, 5.74) is 0. The Balaban J connectivity index is 1.63. The molecule has 2 saturated heterocycles. The summed E-state index contributed by atoms with van der Waals surface area (Å²) in [6.07, 6.45) is 51.4. The minimum Gasteiger partial charge on any atom is -0.394 e. The number of allylic oxidation sites excluding steroid dienone is 1. The minimum atomic E-state index is -1.79. The molecule has 0 radical (unpaired) electrons. The molecule has 12 unspecified atom stereocenters. The van der Waals surface area contributed by atoms with E-state index in [0.29, 0.717) is 6.42 Å². The summed E-state index contributed by atoms with van der Waals surface area (Å²) in [5, 5.41) is 87.4. The van der Waals surface area contributed by atoms with Crippen molar-refractivity contribution in [1.82, 2.24) is 5.32 Å². The van der Waals surface area contributed by atoms with Gasteiger partial charge in [0.2, 0.25) is 5.91 Å². The molecule has 0 aliphatic carbocycles. The molecular formula is C70H135NO13. The Kier molecular flexibility index (Phi) is 52.3. The van der Waals surface area contributed by atoms with Crippen molar-refractivity contribution in [2.24, 2.45) is 0 Å². The minimum absolute atomic E-state index is 0.232. The number of aliphatic hydroxyl groups is 8. The second kappa shape index (κ2) is 55.8. The predicted molar refractivity (Wildman–Crippen MR) is 342 cm³/mol. The van der Waals surface area contributed by atoms with Crippen molar-refractivity contribution in [2.75, 3.05) is 19.8 Å². The van der Waals surface area contributed by atoms with Gasteiger partial charge in [-0.05, 0) is 19.3 Å². The van der Waals surface area contributed by atoms with E-state index in [4.69, 9.17) is 18.9 Å². The maximum Gasteiger partial charge on any atom is 0.220 e. The third-order valence-corrected chi connectivity index (χ3v) is 18.0. The first-order valence-corrected chi connectivity index (χ1v) is 35.9. The highest BCUT2D eigenvalue weighted by atomic mass is 16.7. The largest absolute Gasteiger partial charge is 0.394 e. The first-order valence-electron chi connectivity index (χ1n) is 35.9. The Hall–Kier alpha value is -1.27. The van der Waals surface area contributed by atoms with E-state index in [2.05, 4.69) is 19.2 Å². The van der Waals surface area contributed by atoms with Crippen molar-refractivity contribution < 1.29 is 64.6 Å². The summed E-state index contributed by atoms with van der Waals surface area (Å²) in [6, 6.07) is -0.911. The zero-order chi connectivity index (χ0) is 60.9. The second-order valence-corrected chi connectivity index (χ2v) is 25.7. The molecule has 0 aromatic carbocycles. The molecule has 12 atom stereocenters. The van der Waals surface area contributed by atoms with Gasteiger partial charge in [0.05, 0.1) is 32.0 Å². The van der Waals surface area contributed by atoms with Crippen molar-refractivity contribution in [1.29, 1.82) is 0 Å². The molecule has 14 nitrogen and oxygen atoms in total. The zero-order valence-electron chi connectivity index (χ0n) is 54.2. The molecule has 2 fully saturated rings. The zero-order valence-corrected chi connectivity index (χ0v) is 54.2. The van der Waals surface area contributed by atoms with Gasteiger partial charge >= 0.3 is 0 Å². The van der Waals surface area contributed by atoms with Crippen LogP contribution in [0.25, 0.3) is 0 Å². The Morgan fingerprint density at radius 3 is 1.10 bits per heavy atom. The molecule has 0 saturated carbocycles. The maximum atomic E-state index is 13.3. The number of rotatable bonds is 60. The molecule has 2 heterocycles. The lowest BCUT2D eigenvalue weighted by atomic mass is 9.97. The van der Waals surface area contributed by atoms with Crippen LogP contribution in [0, 0.1) is 0 Å². The van der Waals surface area contributed by atoms with Gasteiger partial charge in [-0.2, -0.15) is 0 Å². The van der Waals surface area contributed by atoms with Crippen LogP contribution in [0.5, 0.6) is 0 Å². The number of carbonyl (C=O) groups is 1. The summed E-state index contributed by atoms with van der Waals surface area (Å²) in [6.45, 7) is 2.86. The van der Waals surface area contributed by atoms with Crippen LogP contribution in [0.4, 0.5) is 0 Å². The number of nitrogens with one attached hydrogen (secondary N) is 1. The van der Waals surface area contributed by atoms with Crippen molar-refractivity contribution in [3.05, 3.63) is 12.2 Å². The van der Waals surface area contributed by atoms with Crippen LogP contribution >= 0.6 is 0 Å². The van der Waals surface area contributed by atoms with Gasteiger partial charge < -0.3 is 65.1 Å². The Labute approximate surface area is 514 Å². The molecule has 2 rings (SSSR count). The summed E-state index contributed by atoms with van der Waals surface area (Å²) >= 11 is 0. The van der Waals surface area contributed by atoms with Crippen molar-refractivity contribution in [2.45, 2.75) is 408 Å². The number of ether oxygens (including phenoxy) is 4. The van der Waals surface area contributed by atoms with E-state index in [1.54, 1.807) is 6.08 Å².